The van der Waals surface area contributed by atoms with Crippen LogP contribution in [0.15, 0.2) is 0 Å². The van der Waals surface area contributed by atoms with Crippen molar-refractivity contribution in [1.82, 2.24) is 0 Å². The predicted octanol–water partition coefficient (Wildman–Crippen LogP) is 1.19. The summed E-state index contributed by atoms with van der Waals surface area (Å²) in [4.78, 5) is 21.3. The molecule has 11 heavy (non-hydrogen) atoms. The number of halogens is 3. The number of hydrogen-bond acceptors (Lipinski definition) is 2. The highest BCUT2D eigenvalue weighted by Gasteiger charge is 2.28. The lowest BCUT2D eigenvalue weighted by molar-refractivity contribution is -0.124. The molecule has 0 rings (SSSR count). The molecular formula is C5H8AlBr3O2. The zero-order valence-electron chi connectivity index (χ0n) is 5.16. The Hall–Kier alpha value is 1.31. The third kappa shape index (κ3) is 7.67. The van der Waals surface area contributed by atoms with Crippen molar-refractivity contribution < 1.29 is 9.59 Å². The molecule has 0 radical (unpaired) electrons. The van der Waals surface area contributed by atoms with Crippen molar-refractivity contribution in [2.24, 2.45) is 0 Å². The number of hydrogen-bond donors (Lipinski definition) is 0. The van der Waals surface area contributed by atoms with Crippen LogP contribution in [0, 0.1) is 0 Å². The van der Waals surface area contributed by atoms with Crippen LogP contribution in [0.25, 0.3) is 0 Å². The number of Topliss-reactive ketones (excluding diaryl/α,β-unsaturated/α-hetero) is 2. The SMILES string of the molecule is CC(=O)CC(=O)C(Br)(Br)Br.[AlH3]. The van der Waals surface area contributed by atoms with Gasteiger partial charge in [0.1, 0.15) is 5.78 Å². The summed E-state index contributed by atoms with van der Waals surface area (Å²) < 4.78 is -0.932. The molecule has 0 aliphatic carbocycles. The van der Waals surface area contributed by atoms with Gasteiger partial charge in [-0.05, 0) is 6.92 Å². The van der Waals surface area contributed by atoms with E-state index >= 15 is 0 Å². The van der Waals surface area contributed by atoms with Crippen molar-refractivity contribution in [3.63, 3.8) is 0 Å². The minimum absolute atomic E-state index is 0. The van der Waals surface area contributed by atoms with Gasteiger partial charge in [-0.1, -0.05) is 47.8 Å². The molecule has 0 unspecified atom stereocenters. The molecule has 0 N–H and O–H groups in total. The highest BCUT2D eigenvalue weighted by atomic mass is 80.0. The Morgan fingerprint density at radius 1 is 1.27 bits per heavy atom. The fourth-order valence-electron chi connectivity index (χ4n) is 0.326. The summed E-state index contributed by atoms with van der Waals surface area (Å²) in [7, 11) is 0. The molecule has 0 aromatic rings. The van der Waals surface area contributed by atoms with Gasteiger partial charge in [-0.25, -0.2) is 0 Å². The van der Waals surface area contributed by atoms with Gasteiger partial charge in [-0.2, -0.15) is 0 Å². The van der Waals surface area contributed by atoms with E-state index in [2.05, 4.69) is 47.8 Å². The van der Waals surface area contributed by atoms with Gasteiger partial charge in [0.05, 0.1) is 6.42 Å². The van der Waals surface area contributed by atoms with Crippen LogP contribution in [0.5, 0.6) is 0 Å². The zero-order chi connectivity index (χ0) is 8.36. The maximum absolute atomic E-state index is 10.9. The predicted molar refractivity (Wildman–Crippen MR) is 59.8 cm³/mol. The van der Waals surface area contributed by atoms with Gasteiger partial charge >= 0.3 is 0 Å². The van der Waals surface area contributed by atoms with Gasteiger partial charge in [0.15, 0.2) is 25.3 Å². The van der Waals surface area contributed by atoms with Crippen LogP contribution in [-0.2, 0) is 9.59 Å². The van der Waals surface area contributed by atoms with Gasteiger partial charge in [-0.15, -0.1) is 0 Å². The first kappa shape index (κ1) is 14.8. The van der Waals surface area contributed by atoms with Crippen molar-refractivity contribution in [2.45, 2.75) is 15.5 Å². The molecule has 0 atom stereocenters. The van der Waals surface area contributed by atoms with Crippen LogP contribution in [-0.4, -0.2) is 31.1 Å². The molecule has 0 aromatic carbocycles. The summed E-state index contributed by atoms with van der Waals surface area (Å²) in [5, 5.41) is 0. The molecule has 0 saturated heterocycles. The van der Waals surface area contributed by atoms with Crippen molar-refractivity contribution in [3.8, 4) is 0 Å². The van der Waals surface area contributed by atoms with E-state index in [0.29, 0.717) is 0 Å². The Labute approximate surface area is 101 Å². The maximum atomic E-state index is 10.9. The number of rotatable bonds is 2. The molecule has 0 spiro atoms. The summed E-state index contributed by atoms with van der Waals surface area (Å²) in [5.41, 5.74) is 0. The number of carbonyl (C=O) groups excluding carboxylic acids is 2. The third-order valence-corrected chi connectivity index (χ3v) is 2.05. The first-order valence-corrected chi connectivity index (χ1v) is 4.81. The number of carbonyl (C=O) groups is 2. The zero-order valence-corrected chi connectivity index (χ0v) is 9.92. The molecule has 0 aliphatic heterocycles. The van der Waals surface area contributed by atoms with E-state index in [-0.39, 0.29) is 35.3 Å². The fraction of sp³-hybridized carbons (Fsp3) is 0.600. The summed E-state index contributed by atoms with van der Waals surface area (Å²) in [5.74, 6) is -0.382. The summed E-state index contributed by atoms with van der Waals surface area (Å²) in [6, 6.07) is 0. The van der Waals surface area contributed by atoms with Crippen LogP contribution in [0.3, 0.4) is 0 Å². The smallest absolute Gasteiger partial charge is 0.193 e. The second-order valence-corrected chi connectivity index (χ2v) is 8.56. The van der Waals surface area contributed by atoms with Gasteiger partial charge in [0.25, 0.3) is 0 Å². The van der Waals surface area contributed by atoms with E-state index in [0.717, 1.165) is 0 Å². The van der Waals surface area contributed by atoms with Crippen LogP contribution in [0.4, 0.5) is 0 Å². The quantitative estimate of drug-likeness (QED) is 0.418. The van der Waals surface area contributed by atoms with E-state index in [4.69, 9.17) is 0 Å². The third-order valence-electron chi connectivity index (χ3n) is 0.726. The standard InChI is InChI=1S/C5H5Br3O2.Al.3H/c1-3(9)2-4(10)5(6,7)8;;;;/h2H2,1H3;;;;. The Morgan fingerprint density at radius 2 is 1.64 bits per heavy atom. The van der Waals surface area contributed by atoms with Crippen molar-refractivity contribution >= 4 is 76.7 Å². The van der Waals surface area contributed by atoms with Crippen LogP contribution < -0.4 is 0 Å². The largest absolute Gasteiger partial charge is 0.300 e. The maximum Gasteiger partial charge on any atom is 0.193 e. The Bertz CT molecular complexity index is 164. The number of ketones is 2. The van der Waals surface area contributed by atoms with E-state index in [1.165, 1.54) is 6.92 Å². The van der Waals surface area contributed by atoms with E-state index in [1.54, 1.807) is 0 Å². The molecule has 0 fully saturated rings. The van der Waals surface area contributed by atoms with Crippen molar-refractivity contribution in [3.05, 3.63) is 0 Å². The van der Waals surface area contributed by atoms with Crippen LogP contribution >= 0.6 is 47.8 Å². The lowest BCUT2D eigenvalue weighted by Crippen LogP contribution is -2.19. The molecule has 0 saturated carbocycles. The molecular weight excluding hydrogens is 359 g/mol. The normalized spacial score (nSPS) is 10.2. The minimum Gasteiger partial charge on any atom is -0.300 e. The Balaban J connectivity index is 0. The van der Waals surface area contributed by atoms with Crippen LogP contribution in [0.1, 0.15) is 13.3 Å². The van der Waals surface area contributed by atoms with Crippen LogP contribution in [0.2, 0.25) is 0 Å². The Kier molecular flexibility index (Phi) is 7.91. The molecule has 2 nitrogen and oxygen atoms in total. The molecule has 0 aliphatic rings. The molecule has 0 amide bonds. The summed E-state index contributed by atoms with van der Waals surface area (Å²) in [6.07, 6.45) is -0.0677. The lowest BCUT2D eigenvalue weighted by atomic mass is 10.2. The highest BCUT2D eigenvalue weighted by molar-refractivity contribution is 9.40. The molecule has 0 bridgehead atoms. The second kappa shape index (κ2) is 5.87. The molecule has 6 heteroatoms. The van der Waals surface area contributed by atoms with Crippen molar-refractivity contribution in [1.29, 1.82) is 0 Å². The first-order valence-electron chi connectivity index (χ1n) is 2.43. The monoisotopic (exact) mass is 364 g/mol. The topological polar surface area (TPSA) is 34.1 Å². The molecule has 0 heterocycles. The molecule has 64 valence electrons. The second-order valence-electron chi connectivity index (χ2n) is 1.80. The van der Waals surface area contributed by atoms with Gasteiger partial charge in [0, 0.05) is 0 Å². The van der Waals surface area contributed by atoms with E-state index in [1.807, 2.05) is 0 Å². The fourth-order valence-corrected chi connectivity index (χ4v) is 0.747. The Morgan fingerprint density at radius 3 is 1.73 bits per heavy atom. The first-order chi connectivity index (χ1) is 4.34. The molecule has 0 aromatic heterocycles. The minimum atomic E-state index is -0.932. The van der Waals surface area contributed by atoms with Gasteiger partial charge in [0.2, 0.25) is 0 Å². The highest BCUT2D eigenvalue weighted by Crippen LogP contribution is 2.35. The summed E-state index contributed by atoms with van der Waals surface area (Å²) >= 11 is 9.01. The van der Waals surface area contributed by atoms with E-state index < -0.39 is 2.14 Å². The van der Waals surface area contributed by atoms with Crippen molar-refractivity contribution in [2.75, 3.05) is 0 Å². The van der Waals surface area contributed by atoms with Gasteiger partial charge in [-0.3, -0.25) is 9.59 Å². The average Bonchev–Trinajstić information content (AvgIpc) is 1.60. The average molecular weight is 367 g/mol. The lowest BCUT2D eigenvalue weighted by Gasteiger charge is -2.07. The summed E-state index contributed by atoms with van der Waals surface area (Å²) in [6.45, 7) is 1.37. The van der Waals surface area contributed by atoms with E-state index in [9.17, 15) is 9.59 Å². The number of alkyl halides is 3. The van der Waals surface area contributed by atoms with Gasteiger partial charge < -0.3 is 0 Å².